The Bertz CT molecular complexity index is 988. The van der Waals surface area contributed by atoms with Gasteiger partial charge in [0.05, 0.1) is 18.2 Å². The van der Waals surface area contributed by atoms with Crippen LogP contribution in [-0.2, 0) is 9.53 Å². The number of nitrogens with zero attached hydrogens (tertiary/aromatic N) is 2. The van der Waals surface area contributed by atoms with Crippen LogP contribution in [0.15, 0.2) is 28.4 Å². The number of rotatable bonds is 7. The fourth-order valence-corrected chi connectivity index (χ4v) is 9.23. The standard InChI is InChI=1S/C29H46N4O4/c1-4-37-18-27(36)16-28-19(2)10-11-20(14-23(28)24(27)25(34)35)29(28)17-33(13-12-21(29)15-31-3)26(30)32-22-8-6-5-7-9-22/h12-13,19-22,31,36H,4-11,14-18H2,1-3H3,(H2,30,32)(H,34,35). The van der Waals surface area contributed by atoms with E-state index in [9.17, 15) is 15.0 Å². The Balaban J connectivity index is 1.62. The minimum Gasteiger partial charge on any atom is -0.478 e. The third kappa shape index (κ3) is 3.97. The molecule has 6 unspecified atom stereocenters. The number of hydrogen-bond donors (Lipinski definition) is 4. The van der Waals surface area contributed by atoms with E-state index in [-0.39, 0.29) is 35.5 Å². The van der Waals surface area contributed by atoms with Crippen molar-refractivity contribution < 1.29 is 19.7 Å². The summed E-state index contributed by atoms with van der Waals surface area (Å²) in [6.45, 7) is 6.11. The van der Waals surface area contributed by atoms with E-state index in [4.69, 9.17) is 15.5 Å². The lowest BCUT2D eigenvalue weighted by molar-refractivity contribution is -0.139. The Morgan fingerprint density at radius 1 is 1.27 bits per heavy atom. The number of guanidine groups is 1. The van der Waals surface area contributed by atoms with Crippen molar-refractivity contribution in [1.29, 1.82) is 0 Å². The second-order valence-corrected chi connectivity index (χ2v) is 12.3. The summed E-state index contributed by atoms with van der Waals surface area (Å²) in [5.74, 6) is 0.348. The van der Waals surface area contributed by atoms with Crippen molar-refractivity contribution in [1.82, 2.24) is 10.2 Å². The predicted molar refractivity (Wildman–Crippen MR) is 144 cm³/mol. The molecule has 3 saturated carbocycles. The van der Waals surface area contributed by atoms with Crippen LogP contribution < -0.4 is 11.1 Å². The van der Waals surface area contributed by atoms with Crippen LogP contribution in [0, 0.1) is 28.6 Å². The summed E-state index contributed by atoms with van der Waals surface area (Å²) in [5, 5.41) is 25.8. The van der Waals surface area contributed by atoms with Crippen molar-refractivity contribution in [2.45, 2.75) is 83.3 Å². The van der Waals surface area contributed by atoms with E-state index >= 15 is 0 Å². The highest BCUT2D eigenvalue weighted by molar-refractivity contribution is 5.92. The summed E-state index contributed by atoms with van der Waals surface area (Å²) in [6, 6.07) is 0.283. The number of nitrogens with one attached hydrogen (secondary N) is 1. The van der Waals surface area contributed by atoms with Crippen LogP contribution in [0.1, 0.15) is 71.6 Å². The molecule has 0 saturated heterocycles. The zero-order valence-corrected chi connectivity index (χ0v) is 22.8. The lowest BCUT2D eigenvalue weighted by Crippen LogP contribution is -2.62. The first-order valence-electron chi connectivity index (χ1n) is 14.4. The molecule has 6 atom stereocenters. The van der Waals surface area contributed by atoms with E-state index in [2.05, 4.69) is 29.4 Å². The number of aliphatic carboxylic acids is 1. The molecule has 5 aliphatic rings. The topological polar surface area (TPSA) is 120 Å². The average Bonchev–Trinajstić information content (AvgIpc) is 3.22. The molecule has 4 aliphatic carbocycles. The first kappa shape index (κ1) is 26.7. The molecule has 8 heteroatoms. The summed E-state index contributed by atoms with van der Waals surface area (Å²) in [4.78, 5) is 19.8. The van der Waals surface area contributed by atoms with Crippen LogP contribution in [0.3, 0.4) is 0 Å². The van der Waals surface area contributed by atoms with Crippen molar-refractivity contribution in [3.05, 3.63) is 23.4 Å². The zero-order chi connectivity index (χ0) is 26.4. The van der Waals surface area contributed by atoms with Gasteiger partial charge >= 0.3 is 5.97 Å². The van der Waals surface area contributed by atoms with Gasteiger partial charge in [0, 0.05) is 36.7 Å². The lowest BCUT2D eigenvalue weighted by Gasteiger charge is -2.61. The van der Waals surface area contributed by atoms with E-state index in [1.807, 2.05) is 14.0 Å². The fourth-order valence-electron chi connectivity index (χ4n) is 9.23. The Hall–Kier alpha value is -1.90. The van der Waals surface area contributed by atoms with Gasteiger partial charge in [0.1, 0.15) is 5.60 Å². The first-order valence-corrected chi connectivity index (χ1v) is 14.4. The predicted octanol–water partition coefficient (Wildman–Crippen LogP) is 3.27. The smallest absolute Gasteiger partial charge is 0.334 e. The molecule has 0 aromatic rings. The van der Waals surface area contributed by atoms with E-state index in [1.165, 1.54) is 19.3 Å². The second-order valence-electron chi connectivity index (χ2n) is 12.3. The summed E-state index contributed by atoms with van der Waals surface area (Å²) in [7, 11) is 1.98. The molecular formula is C29H46N4O4. The van der Waals surface area contributed by atoms with Gasteiger partial charge in [-0.1, -0.05) is 32.3 Å². The van der Waals surface area contributed by atoms with Crippen LogP contribution in [0.4, 0.5) is 0 Å². The Morgan fingerprint density at radius 2 is 2.03 bits per heavy atom. The van der Waals surface area contributed by atoms with Crippen LogP contribution in [0.5, 0.6) is 0 Å². The molecule has 206 valence electrons. The van der Waals surface area contributed by atoms with Crippen molar-refractivity contribution in [2.24, 2.45) is 39.3 Å². The highest BCUT2D eigenvalue weighted by Crippen LogP contribution is 2.77. The van der Waals surface area contributed by atoms with E-state index < -0.39 is 17.0 Å². The van der Waals surface area contributed by atoms with Crippen LogP contribution >= 0.6 is 0 Å². The number of carboxylic acids is 1. The van der Waals surface area contributed by atoms with E-state index in [0.29, 0.717) is 31.4 Å². The Morgan fingerprint density at radius 3 is 2.70 bits per heavy atom. The van der Waals surface area contributed by atoms with Gasteiger partial charge in [-0.25, -0.2) is 9.79 Å². The number of carboxylic acid groups (broad SMARTS) is 1. The highest BCUT2D eigenvalue weighted by Gasteiger charge is 2.74. The van der Waals surface area contributed by atoms with Gasteiger partial charge in [0.15, 0.2) is 5.96 Å². The SMILES string of the molecule is CCOCC1(O)CC23C(=C1C(=O)O)CC(CCC2C)C31CN(C(N)=NC2CCCCC2)C=CC1CNC. The van der Waals surface area contributed by atoms with Gasteiger partial charge in [0.2, 0.25) is 0 Å². The Kier molecular flexibility index (Phi) is 7.22. The molecule has 0 aromatic heterocycles. The van der Waals surface area contributed by atoms with Gasteiger partial charge < -0.3 is 30.9 Å². The summed E-state index contributed by atoms with van der Waals surface area (Å²) >= 11 is 0. The third-order valence-corrected chi connectivity index (χ3v) is 10.6. The fraction of sp³-hybridized carbons (Fsp3) is 0.793. The normalized spacial score (nSPS) is 40.1. The summed E-state index contributed by atoms with van der Waals surface area (Å²) in [6.07, 6.45) is 13.5. The molecule has 0 radical (unpaired) electrons. The van der Waals surface area contributed by atoms with E-state index in [1.54, 1.807) is 0 Å². The average molecular weight is 515 g/mol. The quantitative estimate of drug-likeness (QED) is 0.304. The molecule has 37 heavy (non-hydrogen) atoms. The highest BCUT2D eigenvalue weighted by atomic mass is 16.5. The minimum atomic E-state index is -1.49. The molecule has 1 heterocycles. The monoisotopic (exact) mass is 514 g/mol. The third-order valence-electron chi connectivity index (χ3n) is 10.6. The lowest BCUT2D eigenvalue weighted by atomic mass is 9.46. The number of allylic oxidation sites excluding steroid dienone is 1. The number of ether oxygens (including phenoxy) is 1. The Labute approximate surface area is 221 Å². The largest absolute Gasteiger partial charge is 0.478 e. The van der Waals surface area contributed by atoms with E-state index in [0.717, 1.165) is 44.2 Å². The van der Waals surface area contributed by atoms with Gasteiger partial charge in [-0.15, -0.1) is 0 Å². The maximum atomic E-state index is 12.7. The summed E-state index contributed by atoms with van der Waals surface area (Å²) < 4.78 is 5.71. The van der Waals surface area contributed by atoms with Gasteiger partial charge in [-0.05, 0) is 75.8 Å². The second kappa shape index (κ2) is 10.0. The van der Waals surface area contributed by atoms with Crippen molar-refractivity contribution in [2.75, 3.05) is 33.4 Å². The molecule has 2 bridgehead atoms. The number of hydrogen-bond acceptors (Lipinski definition) is 5. The van der Waals surface area contributed by atoms with Gasteiger partial charge in [0.25, 0.3) is 0 Å². The first-order chi connectivity index (χ1) is 17.7. The zero-order valence-electron chi connectivity index (χ0n) is 22.8. The number of carbonyl (C=O) groups is 1. The molecule has 8 nitrogen and oxygen atoms in total. The molecule has 3 fully saturated rings. The van der Waals surface area contributed by atoms with Crippen LogP contribution in [0.25, 0.3) is 0 Å². The number of nitrogens with two attached hydrogens (primary N) is 1. The maximum absolute atomic E-state index is 12.7. The molecule has 0 aromatic carbocycles. The molecular weight excluding hydrogens is 468 g/mol. The van der Waals surface area contributed by atoms with Crippen LogP contribution in [0.2, 0.25) is 0 Å². The molecule has 0 amide bonds. The van der Waals surface area contributed by atoms with Crippen molar-refractivity contribution in [3.63, 3.8) is 0 Å². The number of aliphatic hydroxyl groups is 1. The molecule has 5 N–H and O–H groups in total. The number of aliphatic imine (C=N–C) groups is 1. The maximum Gasteiger partial charge on any atom is 0.334 e. The van der Waals surface area contributed by atoms with Crippen molar-refractivity contribution in [3.8, 4) is 0 Å². The van der Waals surface area contributed by atoms with Gasteiger partial charge in [-0.2, -0.15) is 0 Å². The van der Waals surface area contributed by atoms with Gasteiger partial charge in [-0.3, -0.25) is 0 Å². The summed E-state index contributed by atoms with van der Waals surface area (Å²) in [5.41, 5.74) is 5.70. The molecule has 1 aliphatic heterocycles. The van der Waals surface area contributed by atoms with Crippen LogP contribution in [-0.4, -0.2) is 72.0 Å². The van der Waals surface area contributed by atoms with Crippen molar-refractivity contribution >= 4 is 11.9 Å². The molecule has 5 rings (SSSR count). The molecule has 2 spiro atoms. The minimum absolute atomic E-state index is 0.0192.